The first-order valence-electron chi connectivity index (χ1n) is 8.72. The number of piperidine rings is 1. The van der Waals surface area contributed by atoms with E-state index < -0.39 is 29.4 Å². The van der Waals surface area contributed by atoms with Crippen molar-refractivity contribution in [1.82, 2.24) is 20.0 Å². The number of hydrogen-bond acceptors (Lipinski definition) is 3. The number of nitrogens with zero attached hydrogens (tertiary/aromatic N) is 3. The van der Waals surface area contributed by atoms with Crippen LogP contribution in [0.25, 0.3) is 0 Å². The van der Waals surface area contributed by atoms with Gasteiger partial charge in [0.1, 0.15) is 0 Å². The first-order valence-corrected chi connectivity index (χ1v) is 8.72. The summed E-state index contributed by atoms with van der Waals surface area (Å²) < 4.78 is 41.0. The van der Waals surface area contributed by atoms with Crippen LogP contribution in [0.2, 0.25) is 0 Å². The van der Waals surface area contributed by atoms with Crippen molar-refractivity contribution < 1.29 is 18.0 Å². The van der Waals surface area contributed by atoms with Crippen LogP contribution in [0.4, 0.5) is 13.2 Å². The summed E-state index contributed by atoms with van der Waals surface area (Å²) in [6.07, 6.45) is -0.211. The van der Waals surface area contributed by atoms with Crippen LogP contribution in [0.15, 0.2) is 6.20 Å². The van der Waals surface area contributed by atoms with Crippen LogP contribution < -0.4 is 5.32 Å². The van der Waals surface area contributed by atoms with Gasteiger partial charge in [-0.25, -0.2) is 0 Å². The number of hydrogen-bond donors (Lipinski definition) is 1. The van der Waals surface area contributed by atoms with Gasteiger partial charge in [0.15, 0.2) is 5.69 Å². The van der Waals surface area contributed by atoms with Gasteiger partial charge in [-0.1, -0.05) is 6.42 Å². The topological polar surface area (TPSA) is 50.2 Å². The molecule has 0 bridgehead atoms. The number of carbonyl (C=O) groups is 1. The van der Waals surface area contributed by atoms with E-state index in [4.69, 9.17) is 0 Å². The summed E-state index contributed by atoms with van der Waals surface area (Å²) in [5, 5.41) is 6.43. The van der Waals surface area contributed by atoms with Crippen molar-refractivity contribution in [3.8, 4) is 0 Å². The minimum absolute atomic E-state index is 0.288. The minimum Gasteiger partial charge on any atom is -0.350 e. The standard InChI is InChI=1S/C17H27F3N4O/c1-12(2)24-14(17(18,19)20)13(10-22-24)15(25)21-11-16(3,4)23-8-6-5-7-9-23/h10,12H,5-9,11H2,1-4H3,(H,21,25). The highest BCUT2D eigenvalue weighted by atomic mass is 19.4. The van der Waals surface area contributed by atoms with E-state index in [2.05, 4.69) is 15.3 Å². The summed E-state index contributed by atoms with van der Waals surface area (Å²) in [7, 11) is 0. The quantitative estimate of drug-likeness (QED) is 0.875. The number of halogens is 3. The number of alkyl halides is 3. The Morgan fingerprint density at radius 1 is 1.24 bits per heavy atom. The van der Waals surface area contributed by atoms with Gasteiger partial charge < -0.3 is 5.32 Å². The lowest BCUT2D eigenvalue weighted by Gasteiger charge is -2.41. The molecule has 1 saturated heterocycles. The van der Waals surface area contributed by atoms with Gasteiger partial charge in [0.05, 0.1) is 11.8 Å². The zero-order valence-corrected chi connectivity index (χ0v) is 15.3. The van der Waals surface area contributed by atoms with Gasteiger partial charge in [-0.2, -0.15) is 18.3 Å². The molecule has 2 heterocycles. The Balaban J connectivity index is 2.13. The van der Waals surface area contributed by atoms with Crippen LogP contribution in [0.1, 0.15) is 69.1 Å². The molecule has 0 radical (unpaired) electrons. The van der Waals surface area contributed by atoms with E-state index in [1.54, 1.807) is 13.8 Å². The molecule has 25 heavy (non-hydrogen) atoms. The summed E-state index contributed by atoms with van der Waals surface area (Å²) in [6.45, 7) is 9.38. The molecule has 1 aromatic rings. The Hall–Kier alpha value is -1.57. The van der Waals surface area contributed by atoms with E-state index >= 15 is 0 Å². The van der Waals surface area contributed by atoms with Gasteiger partial charge in [-0.05, 0) is 53.6 Å². The molecule has 0 saturated carbocycles. The van der Waals surface area contributed by atoms with Gasteiger partial charge in [0.25, 0.3) is 5.91 Å². The summed E-state index contributed by atoms with van der Waals surface area (Å²) >= 11 is 0. The van der Waals surface area contributed by atoms with Crippen LogP contribution in [0.3, 0.4) is 0 Å². The number of amides is 1. The minimum atomic E-state index is -4.63. The van der Waals surface area contributed by atoms with Crippen LogP contribution in [0, 0.1) is 0 Å². The molecular formula is C17H27F3N4O. The molecule has 0 unspecified atom stereocenters. The van der Waals surface area contributed by atoms with Crippen molar-refractivity contribution in [3.63, 3.8) is 0 Å². The van der Waals surface area contributed by atoms with E-state index in [0.29, 0.717) is 0 Å². The predicted octanol–water partition coefficient (Wildman–Crippen LogP) is 3.48. The van der Waals surface area contributed by atoms with E-state index in [1.165, 1.54) is 6.42 Å². The molecule has 1 amide bonds. The molecule has 1 aliphatic heterocycles. The molecule has 1 aliphatic rings. The molecule has 1 aromatic heterocycles. The van der Waals surface area contributed by atoms with Crippen LogP contribution in [0.5, 0.6) is 0 Å². The average Bonchev–Trinajstić information content (AvgIpc) is 2.99. The second kappa shape index (κ2) is 7.35. The van der Waals surface area contributed by atoms with Crippen molar-refractivity contribution in [3.05, 3.63) is 17.5 Å². The third-order valence-electron chi connectivity index (χ3n) is 4.69. The Morgan fingerprint density at radius 3 is 2.36 bits per heavy atom. The fourth-order valence-electron chi connectivity index (χ4n) is 3.21. The summed E-state index contributed by atoms with van der Waals surface area (Å²) in [5.41, 5.74) is -1.71. The van der Waals surface area contributed by atoms with Crippen molar-refractivity contribution in [2.24, 2.45) is 0 Å². The Morgan fingerprint density at radius 2 is 1.84 bits per heavy atom. The second-order valence-electron chi connectivity index (χ2n) is 7.49. The third kappa shape index (κ3) is 4.54. The second-order valence-corrected chi connectivity index (χ2v) is 7.49. The maximum absolute atomic E-state index is 13.4. The van der Waals surface area contributed by atoms with Crippen molar-refractivity contribution >= 4 is 5.91 Å². The summed E-state index contributed by atoms with van der Waals surface area (Å²) in [6, 6.07) is -0.483. The van der Waals surface area contributed by atoms with Crippen LogP contribution in [-0.4, -0.2) is 45.8 Å². The van der Waals surface area contributed by atoms with E-state index in [-0.39, 0.29) is 12.1 Å². The molecular weight excluding hydrogens is 333 g/mol. The van der Waals surface area contributed by atoms with Gasteiger partial charge in [-0.3, -0.25) is 14.4 Å². The molecule has 1 fully saturated rings. The summed E-state index contributed by atoms with van der Waals surface area (Å²) in [4.78, 5) is 14.7. The zero-order valence-electron chi connectivity index (χ0n) is 15.3. The lowest BCUT2D eigenvalue weighted by molar-refractivity contribution is -0.145. The van der Waals surface area contributed by atoms with Crippen molar-refractivity contribution in [2.75, 3.05) is 19.6 Å². The van der Waals surface area contributed by atoms with Gasteiger partial charge >= 0.3 is 6.18 Å². The zero-order chi connectivity index (χ0) is 18.8. The fraction of sp³-hybridized carbons (Fsp3) is 0.765. The number of likely N-dealkylation sites (tertiary alicyclic amines) is 1. The molecule has 5 nitrogen and oxygen atoms in total. The Bertz CT molecular complexity index is 602. The Kier molecular flexibility index (Phi) is 5.81. The number of carbonyl (C=O) groups excluding carboxylic acids is 1. The van der Waals surface area contributed by atoms with E-state index in [9.17, 15) is 18.0 Å². The van der Waals surface area contributed by atoms with E-state index in [0.717, 1.165) is 36.8 Å². The number of aromatic nitrogens is 2. The number of rotatable bonds is 5. The van der Waals surface area contributed by atoms with Crippen molar-refractivity contribution in [2.45, 2.75) is 64.7 Å². The molecule has 2 rings (SSSR count). The third-order valence-corrected chi connectivity index (χ3v) is 4.69. The van der Waals surface area contributed by atoms with Crippen LogP contribution in [-0.2, 0) is 6.18 Å². The lowest BCUT2D eigenvalue weighted by Crippen LogP contribution is -2.53. The monoisotopic (exact) mass is 360 g/mol. The van der Waals surface area contributed by atoms with E-state index in [1.807, 2.05) is 13.8 Å². The predicted molar refractivity (Wildman–Crippen MR) is 89.5 cm³/mol. The molecule has 0 aromatic carbocycles. The summed E-state index contributed by atoms with van der Waals surface area (Å²) in [5.74, 6) is -0.732. The fourth-order valence-corrected chi connectivity index (χ4v) is 3.21. The molecule has 8 heteroatoms. The highest BCUT2D eigenvalue weighted by molar-refractivity contribution is 5.95. The first kappa shape index (κ1) is 19.8. The molecule has 142 valence electrons. The number of nitrogens with one attached hydrogen (secondary N) is 1. The lowest BCUT2D eigenvalue weighted by atomic mass is 9.98. The molecule has 0 aliphatic carbocycles. The maximum Gasteiger partial charge on any atom is 0.433 e. The largest absolute Gasteiger partial charge is 0.433 e. The highest BCUT2D eigenvalue weighted by Crippen LogP contribution is 2.33. The SMILES string of the molecule is CC(C)n1ncc(C(=O)NCC(C)(C)N2CCCCC2)c1C(F)(F)F. The maximum atomic E-state index is 13.4. The molecule has 1 N–H and O–H groups in total. The smallest absolute Gasteiger partial charge is 0.350 e. The normalized spacial score (nSPS) is 17.1. The van der Waals surface area contributed by atoms with Gasteiger partial charge in [0, 0.05) is 18.1 Å². The van der Waals surface area contributed by atoms with Crippen LogP contribution >= 0.6 is 0 Å². The molecule has 0 atom stereocenters. The van der Waals surface area contributed by atoms with Crippen molar-refractivity contribution in [1.29, 1.82) is 0 Å². The molecule has 0 spiro atoms. The van der Waals surface area contributed by atoms with Gasteiger partial charge in [-0.15, -0.1) is 0 Å². The highest BCUT2D eigenvalue weighted by Gasteiger charge is 2.41. The van der Waals surface area contributed by atoms with Gasteiger partial charge in [0.2, 0.25) is 0 Å². The first-order chi connectivity index (χ1) is 11.5. The Labute approximate surface area is 146 Å². The average molecular weight is 360 g/mol.